The fourth-order valence-electron chi connectivity index (χ4n) is 3.20. The van der Waals surface area contributed by atoms with Gasteiger partial charge in [-0.15, -0.1) is 0 Å². The number of aromatic amines is 1. The van der Waals surface area contributed by atoms with Gasteiger partial charge in [-0.3, -0.25) is 10.00 Å². The molecule has 2 aliphatic rings. The lowest BCUT2D eigenvalue weighted by atomic mass is 10.1. The highest BCUT2D eigenvalue weighted by Gasteiger charge is 2.26. The van der Waals surface area contributed by atoms with Crippen LogP contribution in [0.1, 0.15) is 43.1 Å². The summed E-state index contributed by atoms with van der Waals surface area (Å²) >= 11 is 0. The molecule has 0 unspecified atom stereocenters. The second kappa shape index (κ2) is 7.01. The molecule has 1 aromatic carbocycles. The third kappa shape index (κ3) is 3.48. The second-order valence-electron chi connectivity index (χ2n) is 6.77. The monoisotopic (exact) mass is 344 g/mol. The van der Waals surface area contributed by atoms with E-state index in [1.54, 1.807) is 0 Å². The van der Waals surface area contributed by atoms with E-state index in [2.05, 4.69) is 40.0 Å². The van der Waals surface area contributed by atoms with Gasteiger partial charge in [-0.25, -0.2) is 4.98 Å². The topological polar surface area (TPSA) is 72.5 Å². The van der Waals surface area contributed by atoms with Gasteiger partial charge in [0.2, 0.25) is 0 Å². The number of hydrogen-bond donors (Lipinski definition) is 1. The molecule has 0 aliphatic carbocycles. The zero-order valence-corrected chi connectivity index (χ0v) is 14.7. The molecule has 0 saturated carbocycles. The summed E-state index contributed by atoms with van der Waals surface area (Å²) in [4.78, 5) is 6.94. The Morgan fingerprint density at radius 1 is 1.24 bits per heavy atom. The van der Waals surface area contributed by atoms with Crippen molar-refractivity contribution in [2.75, 3.05) is 32.9 Å². The molecule has 3 heterocycles. The predicted octanol–water partition coefficient (Wildman–Crippen LogP) is 2.27. The first-order valence-corrected chi connectivity index (χ1v) is 8.84. The van der Waals surface area contributed by atoms with E-state index in [0.717, 1.165) is 48.3 Å². The standard InChI is InChI=1S/C18H24N4O3/c1-12(2)17-19-18(21-20-17)15-11-22(6-7-23-15)10-13-4-3-5-14-16(13)25-9-8-24-14/h3-5,12,15H,6-11H2,1-2H3,(H,19,20,21)/t15-/m1/s1. The summed E-state index contributed by atoms with van der Waals surface area (Å²) in [5.41, 5.74) is 1.15. The Labute approximate surface area is 147 Å². The van der Waals surface area contributed by atoms with Crippen LogP contribution in [0.5, 0.6) is 11.5 Å². The zero-order valence-electron chi connectivity index (χ0n) is 14.7. The van der Waals surface area contributed by atoms with Gasteiger partial charge in [0, 0.05) is 31.1 Å². The van der Waals surface area contributed by atoms with Crippen LogP contribution in [0, 0.1) is 0 Å². The third-order valence-electron chi connectivity index (χ3n) is 4.53. The molecule has 7 heteroatoms. The third-order valence-corrected chi connectivity index (χ3v) is 4.53. The summed E-state index contributed by atoms with van der Waals surface area (Å²) in [5, 5.41) is 7.32. The van der Waals surface area contributed by atoms with Crippen molar-refractivity contribution in [3.63, 3.8) is 0 Å². The van der Waals surface area contributed by atoms with Gasteiger partial charge in [-0.2, -0.15) is 5.10 Å². The highest BCUT2D eigenvalue weighted by molar-refractivity contribution is 5.47. The average molecular weight is 344 g/mol. The van der Waals surface area contributed by atoms with Gasteiger partial charge in [0.1, 0.15) is 19.3 Å². The molecule has 0 spiro atoms. The molecule has 2 aliphatic heterocycles. The Morgan fingerprint density at radius 3 is 2.96 bits per heavy atom. The van der Waals surface area contributed by atoms with E-state index in [1.165, 1.54) is 0 Å². The first-order chi connectivity index (χ1) is 12.2. The van der Waals surface area contributed by atoms with Crippen LogP contribution in [-0.4, -0.2) is 53.0 Å². The Hall–Kier alpha value is -2.12. The van der Waals surface area contributed by atoms with E-state index >= 15 is 0 Å². The maximum Gasteiger partial charge on any atom is 0.165 e. The van der Waals surface area contributed by atoms with Crippen LogP contribution in [0.4, 0.5) is 0 Å². The summed E-state index contributed by atoms with van der Waals surface area (Å²) in [6.07, 6.45) is -0.0783. The summed E-state index contributed by atoms with van der Waals surface area (Å²) < 4.78 is 17.4. The van der Waals surface area contributed by atoms with Crippen LogP contribution < -0.4 is 9.47 Å². The number of H-pyrrole nitrogens is 1. The molecule has 1 saturated heterocycles. The lowest BCUT2D eigenvalue weighted by molar-refractivity contribution is -0.0373. The van der Waals surface area contributed by atoms with Crippen LogP contribution >= 0.6 is 0 Å². The number of nitrogens with zero attached hydrogens (tertiary/aromatic N) is 3. The molecule has 7 nitrogen and oxygen atoms in total. The number of fused-ring (bicyclic) bond motifs is 1. The van der Waals surface area contributed by atoms with Crippen molar-refractivity contribution >= 4 is 0 Å². The van der Waals surface area contributed by atoms with Gasteiger partial charge in [-0.05, 0) is 6.07 Å². The van der Waals surface area contributed by atoms with Crippen molar-refractivity contribution in [3.8, 4) is 11.5 Å². The highest BCUT2D eigenvalue weighted by atomic mass is 16.6. The molecule has 2 aromatic rings. The normalized spacial score (nSPS) is 20.8. The first-order valence-electron chi connectivity index (χ1n) is 8.84. The molecule has 1 atom stereocenters. The lowest BCUT2D eigenvalue weighted by Gasteiger charge is -2.32. The molecule has 4 rings (SSSR count). The van der Waals surface area contributed by atoms with Gasteiger partial charge in [-0.1, -0.05) is 26.0 Å². The molecule has 25 heavy (non-hydrogen) atoms. The Balaban J connectivity index is 1.46. The van der Waals surface area contributed by atoms with E-state index in [4.69, 9.17) is 14.2 Å². The maximum absolute atomic E-state index is 5.91. The largest absolute Gasteiger partial charge is 0.486 e. The number of aromatic nitrogens is 3. The number of benzene rings is 1. The van der Waals surface area contributed by atoms with Crippen LogP contribution in [-0.2, 0) is 11.3 Å². The van der Waals surface area contributed by atoms with Gasteiger partial charge in [0.05, 0.1) is 6.61 Å². The number of hydrogen-bond acceptors (Lipinski definition) is 6. The van der Waals surface area contributed by atoms with E-state index in [1.807, 2.05) is 12.1 Å². The number of ether oxygens (including phenoxy) is 3. The van der Waals surface area contributed by atoms with E-state index in [9.17, 15) is 0 Å². The van der Waals surface area contributed by atoms with E-state index < -0.39 is 0 Å². The molecule has 134 valence electrons. The lowest BCUT2D eigenvalue weighted by Crippen LogP contribution is -2.38. The smallest absolute Gasteiger partial charge is 0.165 e. The van der Waals surface area contributed by atoms with Crippen molar-refractivity contribution in [1.82, 2.24) is 20.1 Å². The van der Waals surface area contributed by atoms with E-state index in [0.29, 0.717) is 25.7 Å². The van der Waals surface area contributed by atoms with Crippen LogP contribution in [0.25, 0.3) is 0 Å². The van der Waals surface area contributed by atoms with Gasteiger partial charge >= 0.3 is 0 Å². The molecule has 0 amide bonds. The second-order valence-corrected chi connectivity index (χ2v) is 6.77. The summed E-state index contributed by atoms with van der Waals surface area (Å²) in [7, 11) is 0. The van der Waals surface area contributed by atoms with E-state index in [-0.39, 0.29) is 6.10 Å². The van der Waals surface area contributed by atoms with Gasteiger partial charge in [0.15, 0.2) is 23.1 Å². The molecule has 1 aromatic heterocycles. The minimum Gasteiger partial charge on any atom is -0.486 e. The maximum atomic E-state index is 5.91. The highest BCUT2D eigenvalue weighted by Crippen LogP contribution is 2.35. The summed E-state index contributed by atoms with van der Waals surface area (Å²) in [5.74, 6) is 3.66. The van der Waals surface area contributed by atoms with Crippen molar-refractivity contribution in [2.24, 2.45) is 0 Å². The first kappa shape index (κ1) is 16.4. The van der Waals surface area contributed by atoms with Crippen LogP contribution in [0.15, 0.2) is 18.2 Å². The fraction of sp³-hybridized carbons (Fsp3) is 0.556. The Bertz CT molecular complexity index is 731. The molecule has 1 N–H and O–H groups in total. The number of para-hydroxylation sites is 1. The minimum absolute atomic E-state index is 0.0783. The van der Waals surface area contributed by atoms with Gasteiger partial charge in [0.25, 0.3) is 0 Å². The summed E-state index contributed by atoms with van der Waals surface area (Å²) in [6.45, 7) is 8.52. The SMILES string of the molecule is CC(C)c1n[nH]c([C@H]2CN(Cc3cccc4c3OCCO4)CCO2)n1. The zero-order chi connectivity index (χ0) is 17.2. The number of rotatable bonds is 4. The van der Waals surface area contributed by atoms with Crippen molar-refractivity contribution in [3.05, 3.63) is 35.4 Å². The Morgan fingerprint density at radius 2 is 2.12 bits per heavy atom. The molecular weight excluding hydrogens is 320 g/mol. The molecule has 0 bridgehead atoms. The molecule has 1 fully saturated rings. The van der Waals surface area contributed by atoms with Crippen LogP contribution in [0.2, 0.25) is 0 Å². The van der Waals surface area contributed by atoms with Crippen molar-refractivity contribution < 1.29 is 14.2 Å². The molecule has 0 radical (unpaired) electrons. The predicted molar refractivity (Wildman–Crippen MR) is 91.9 cm³/mol. The fourth-order valence-corrected chi connectivity index (χ4v) is 3.20. The minimum atomic E-state index is -0.0783. The van der Waals surface area contributed by atoms with Crippen molar-refractivity contribution in [1.29, 1.82) is 0 Å². The Kier molecular flexibility index (Phi) is 4.59. The van der Waals surface area contributed by atoms with Crippen LogP contribution in [0.3, 0.4) is 0 Å². The van der Waals surface area contributed by atoms with Crippen molar-refractivity contribution in [2.45, 2.75) is 32.4 Å². The quantitative estimate of drug-likeness (QED) is 0.917. The average Bonchev–Trinajstić information content (AvgIpc) is 3.13. The number of nitrogens with one attached hydrogen (secondary N) is 1. The van der Waals surface area contributed by atoms with Gasteiger partial charge < -0.3 is 14.2 Å². The molecular formula is C18H24N4O3. The summed E-state index contributed by atoms with van der Waals surface area (Å²) in [6, 6.07) is 6.08. The number of morpholine rings is 1.